The first-order valence-electron chi connectivity index (χ1n) is 6.13. The maximum Gasteiger partial charge on any atom is 0.320 e. The average molecular weight is 292 g/mol. The lowest BCUT2D eigenvalue weighted by molar-refractivity contribution is -0.144. The van der Waals surface area contributed by atoms with E-state index in [1.165, 1.54) is 0 Å². The van der Waals surface area contributed by atoms with Crippen LogP contribution in [0.15, 0.2) is 0 Å². The van der Waals surface area contributed by atoms with Crippen LogP contribution in [0.25, 0.3) is 0 Å². The molecule has 1 fully saturated rings. The van der Waals surface area contributed by atoms with Crippen LogP contribution in [-0.2, 0) is 19.4 Å². The third-order valence-corrected chi connectivity index (χ3v) is 4.20. The molecule has 1 heterocycles. The van der Waals surface area contributed by atoms with Crippen LogP contribution in [0.3, 0.4) is 0 Å². The number of aliphatic carboxylic acids is 1. The summed E-state index contributed by atoms with van der Waals surface area (Å²) in [7, 11) is -3.13. The van der Waals surface area contributed by atoms with Crippen molar-refractivity contribution in [3.05, 3.63) is 0 Å². The summed E-state index contributed by atoms with van der Waals surface area (Å²) in [5.41, 5.74) is 0. The van der Waals surface area contributed by atoms with Gasteiger partial charge in [-0.1, -0.05) is 0 Å². The van der Waals surface area contributed by atoms with E-state index in [4.69, 9.17) is 5.11 Å². The topological polar surface area (TPSA) is 95.0 Å². The lowest BCUT2D eigenvalue weighted by atomic mass is 10.2. The summed E-state index contributed by atoms with van der Waals surface area (Å²) in [5.74, 6) is -1.21. The molecule has 1 saturated heterocycles. The highest BCUT2D eigenvalue weighted by atomic mass is 32.2. The van der Waals surface area contributed by atoms with Crippen LogP contribution < -0.4 is 0 Å². The average Bonchev–Trinajstić information content (AvgIpc) is 2.34. The number of hydrogen-bond acceptors (Lipinski definition) is 5. The number of carboxylic acid groups (broad SMARTS) is 1. The number of rotatable bonds is 5. The van der Waals surface area contributed by atoms with Crippen LogP contribution in [0.2, 0.25) is 0 Å². The molecule has 1 aliphatic heterocycles. The van der Waals surface area contributed by atoms with Gasteiger partial charge in [-0.25, -0.2) is 8.42 Å². The molecular weight excluding hydrogens is 272 g/mol. The molecular formula is C11H20N2O5S. The molecule has 1 atom stereocenters. The van der Waals surface area contributed by atoms with E-state index >= 15 is 0 Å². The van der Waals surface area contributed by atoms with Crippen molar-refractivity contribution in [2.45, 2.75) is 19.4 Å². The van der Waals surface area contributed by atoms with Gasteiger partial charge in [0.15, 0.2) is 0 Å². The summed E-state index contributed by atoms with van der Waals surface area (Å²) in [6.07, 6.45) is 1.10. The van der Waals surface area contributed by atoms with Gasteiger partial charge in [-0.15, -0.1) is 0 Å². The molecule has 1 rings (SSSR count). The van der Waals surface area contributed by atoms with Crippen molar-refractivity contribution >= 4 is 21.7 Å². The zero-order valence-corrected chi connectivity index (χ0v) is 12.0. The maximum absolute atomic E-state index is 11.8. The quantitative estimate of drug-likeness (QED) is 0.701. The second-order valence-corrected chi connectivity index (χ2v) is 7.07. The van der Waals surface area contributed by atoms with E-state index in [9.17, 15) is 18.0 Å². The molecule has 0 radical (unpaired) electrons. The zero-order valence-electron chi connectivity index (χ0n) is 11.2. The first-order valence-corrected chi connectivity index (χ1v) is 8.19. The van der Waals surface area contributed by atoms with E-state index in [-0.39, 0.29) is 18.1 Å². The van der Waals surface area contributed by atoms with Crippen molar-refractivity contribution in [3.8, 4) is 0 Å². The predicted molar refractivity (Wildman–Crippen MR) is 69.6 cm³/mol. The molecule has 0 aromatic carbocycles. The number of hydrogen-bond donors (Lipinski definition) is 1. The normalized spacial score (nSPS) is 19.2. The SMILES string of the molecule is CC(C(=O)O)N1CCN(C(=O)CCS(C)(=O)=O)CC1. The van der Waals surface area contributed by atoms with Crippen LogP contribution in [0.4, 0.5) is 0 Å². The summed E-state index contributed by atoms with van der Waals surface area (Å²) in [4.78, 5) is 26.0. The number of piperazine rings is 1. The van der Waals surface area contributed by atoms with Gasteiger partial charge in [0.1, 0.15) is 15.9 Å². The molecule has 1 N–H and O–H groups in total. The number of amides is 1. The van der Waals surface area contributed by atoms with Crippen molar-refractivity contribution < 1.29 is 23.1 Å². The molecule has 110 valence electrons. The minimum absolute atomic E-state index is 0.00663. The van der Waals surface area contributed by atoms with Gasteiger partial charge in [-0.05, 0) is 6.92 Å². The summed E-state index contributed by atoms with van der Waals surface area (Å²) >= 11 is 0. The second-order valence-electron chi connectivity index (χ2n) is 4.81. The number of carboxylic acids is 1. The van der Waals surface area contributed by atoms with Crippen molar-refractivity contribution in [2.24, 2.45) is 0 Å². The van der Waals surface area contributed by atoms with Gasteiger partial charge >= 0.3 is 5.97 Å². The summed E-state index contributed by atoms with van der Waals surface area (Å²) in [6.45, 7) is 3.50. The number of nitrogens with zero attached hydrogens (tertiary/aromatic N) is 2. The molecule has 8 heteroatoms. The van der Waals surface area contributed by atoms with Gasteiger partial charge < -0.3 is 10.0 Å². The van der Waals surface area contributed by atoms with E-state index in [1.807, 2.05) is 0 Å². The largest absolute Gasteiger partial charge is 0.480 e. The van der Waals surface area contributed by atoms with Gasteiger partial charge in [0.2, 0.25) is 5.91 Å². The van der Waals surface area contributed by atoms with Gasteiger partial charge in [0, 0.05) is 38.9 Å². The molecule has 7 nitrogen and oxygen atoms in total. The monoisotopic (exact) mass is 292 g/mol. The van der Waals surface area contributed by atoms with E-state index in [0.29, 0.717) is 26.2 Å². The molecule has 0 aliphatic carbocycles. The first-order chi connectivity index (χ1) is 8.70. The van der Waals surface area contributed by atoms with Gasteiger partial charge in [-0.2, -0.15) is 0 Å². The molecule has 0 saturated carbocycles. The maximum atomic E-state index is 11.8. The fourth-order valence-electron chi connectivity index (χ4n) is 1.95. The highest BCUT2D eigenvalue weighted by Crippen LogP contribution is 2.08. The summed E-state index contributed by atoms with van der Waals surface area (Å²) in [6, 6.07) is -0.562. The Hall–Kier alpha value is -1.15. The van der Waals surface area contributed by atoms with Crippen molar-refractivity contribution in [1.29, 1.82) is 0 Å². The van der Waals surface area contributed by atoms with Crippen LogP contribution >= 0.6 is 0 Å². The first kappa shape index (κ1) is 15.9. The van der Waals surface area contributed by atoms with Gasteiger partial charge in [0.05, 0.1) is 5.75 Å². The standard InChI is InChI=1S/C11H20N2O5S/c1-9(11(15)16)12-4-6-13(7-5-12)10(14)3-8-19(2,17)18/h9H,3-8H2,1-2H3,(H,15,16). The summed E-state index contributed by atoms with van der Waals surface area (Å²) < 4.78 is 22.0. The minimum atomic E-state index is -3.13. The fraction of sp³-hybridized carbons (Fsp3) is 0.818. The number of carbonyl (C=O) groups is 2. The third-order valence-electron chi connectivity index (χ3n) is 3.26. The van der Waals surface area contributed by atoms with E-state index in [2.05, 4.69) is 0 Å². The third kappa shape index (κ3) is 5.15. The smallest absolute Gasteiger partial charge is 0.320 e. The number of sulfone groups is 1. The Morgan fingerprint density at radius 3 is 2.16 bits per heavy atom. The van der Waals surface area contributed by atoms with E-state index in [1.54, 1.807) is 16.7 Å². The predicted octanol–water partition coefficient (Wildman–Crippen LogP) is -0.962. The molecule has 1 aliphatic rings. The molecule has 19 heavy (non-hydrogen) atoms. The van der Waals surface area contributed by atoms with Crippen LogP contribution in [0.1, 0.15) is 13.3 Å². The van der Waals surface area contributed by atoms with E-state index in [0.717, 1.165) is 6.26 Å². The highest BCUT2D eigenvalue weighted by molar-refractivity contribution is 7.90. The molecule has 0 aromatic heterocycles. The molecule has 1 unspecified atom stereocenters. The highest BCUT2D eigenvalue weighted by Gasteiger charge is 2.27. The Morgan fingerprint density at radius 1 is 1.21 bits per heavy atom. The Kier molecular flexibility index (Phi) is 5.30. The van der Waals surface area contributed by atoms with Gasteiger partial charge in [-0.3, -0.25) is 14.5 Å². The lowest BCUT2D eigenvalue weighted by Gasteiger charge is -2.36. The van der Waals surface area contributed by atoms with Crippen molar-refractivity contribution in [1.82, 2.24) is 9.80 Å². The van der Waals surface area contributed by atoms with Crippen LogP contribution in [0, 0.1) is 0 Å². The summed E-state index contributed by atoms with van der Waals surface area (Å²) in [5, 5.41) is 8.89. The van der Waals surface area contributed by atoms with Crippen LogP contribution in [-0.4, -0.2) is 79.4 Å². The molecule has 0 spiro atoms. The second kappa shape index (κ2) is 6.33. The zero-order chi connectivity index (χ0) is 14.6. The van der Waals surface area contributed by atoms with E-state index < -0.39 is 21.8 Å². The van der Waals surface area contributed by atoms with Crippen LogP contribution in [0.5, 0.6) is 0 Å². The van der Waals surface area contributed by atoms with Gasteiger partial charge in [0.25, 0.3) is 0 Å². The Balaban J connectivity index is 2.41. The molecule has 0 aromatic rings. The Bertz CT molecular complexity index is 440. The molecule has 0 bridgehead atoms. The number of carbonyl (C=O) groups excluding carboxylic acids is 1. The lowest BCUT2D eigenvalue weighted by Crippen LogP contribution is -2.53. The Morgan fingerprint density at radius 2 is 1.74 bits per heavy atom. The Labute approximate surface area is 113 Å². The van der Waals surface area contributed by atoms with Crippen molar-refractivity contribution in [3.63, 3.8) is 0 Å². The fourth-order valence-corrected chi connectivity index (χ4v) is 2.49. The molecule has 1 amide bonds. The van der Waals surface area contributed by atoms with Crippen molar-refractivity contribution in [2.75, 3.05) is 38.2 Å². The minimum Gasteiger partial charge on any atom is -0.480 e.